The van der Waals surface area contributed by atoms with Crippen molar-refractivity contribution in [2.24, 2.45) is 0 Å². The van der Waals surface area contributed by atoms with Gasteiger partial charge in [0.2, 0.25) is 0 Å². The molecule has 18 heavy (non-hydrogen) atoms. The van der Waals surface area contributed by atoms with E-state index in [1.807, 2.05) is 12.1 Å². The second-order valence-electron chi connectivity index (χ2n) is 5.27. The van der Waals surface area contributed by atoms with Crippen LogP contribution >= 0.6 is 11.6 Å². The minimum atomic E-state index is 0.541. The standard InChI is InChI=1S/C15H23ClN2/c1-13(12-18-9-3-2-4-10-18)17-11-14-5-7-15(16)8-6-14/h5-8,13,17H,2-4,9-12H2,1H3. The Labute approximate surface area is 115 Å². The molecule has 1 aliphatic heterocycles. The van der Waals surface area contributed by atoms with Gasteiger partial charge in [-0.25, -0.2) is 0 Å². The SMILES string of the molecule is CC(CN1CCCCC1)NCc1ccc(Cl)cc1. The van der Waals surface area contributed by atoms with Crippen molar-refractivity contribution >= 4 is 11.6 Å². The van der Waals surface area contributed by atoms with Crippen LogP contribution in [0.2, 0.25) is 5.02 Å². The van der Waals surface area contributed by atoms with Crippen LogP contribution < -0.4 is 5.32 Å². The third kappa shape index (κ3) is 4.60. The molecule has 1 aliphatic rings. The molecule has 0 radical (unpaired) electrons. The Morgan fingerprint density at radius 3 is 2.50 bits per heavy atom. The van der Waals surface area contributed by atoms with Gasteiger partial charge in [0.1, 0.15) is 0 Å². The van der Waals surface area contributed by atoms with Crippen LogP contribution in [0.3, 0.4) is 0 Å². The average Bonchev–Trinajstić information content (AvgIpc) is 2.39. The quantitative estimate of drug-likeness (QED) is 0.880. The molecule has 0 saturated carbocycles. The van der Waals surface area contributed by atoms with E-state index in [1.165, 1.54) is 37.9 Å². The number of hydrogen-bond donors (Lipinski definition) is 1. The largest absolute Gasteiger partial charge is 0.309 e. The van der Waals surface area contributed by atoms with Crippen molar-refractivity contribution in [2.45, 2.75) is 38.8 Å². The Morgan fingerprint density at radius 2 is 1.83 bits per heavy atom. The number of benzene rings is 1. The number of rotatable bonds is 5. The number of hydrogen-bond acceptors (Lipinski definition) is 2. The van der Waals surface area contributed by atoms with Gasteiger partial charge in [-0.3, -0.25) is 0 Å². The van der Waals surface area contributed by atoms with Crippen molar-refractivity contribution in [3.8, 4) is 0 Å². The van der Waals surface area contributed by atoms with E-state index in [0.29, 0.717) is 6.04 Å². The maximum atomic E-state index is 5.88. The van der Waals surface area contributed by atoms with Gasteiger partial charge in [-0.2, -0.15) is 0 Å². The highest BCUT2D eigenvalue weighted by Crippen LogP contribution is 2.10. The van der Waals surface area contributed by atoms with Gasteiger partial charge in [-0.05, 0) is 50.6 Å². The Kier molecular flexibility index (Phi) is 5.48. The normalized spacial score (nSPS) is 18.8. The Bertz CT molecular complexity index is 344. The summed E-state index contributed by atoms with van der Waals surface area (Å²) >= 11 is 5.88. The summed E-state index contributed by atoms with van der Waals surface area (Å²) in [5.74, 6) is 0. The van der Waals surface area contributed by atoms with Crippen molar-refractivity contribution in [3.05, 3.63) is 34.9 Å². The van der Waals surface area contributed by atoms with Crippen LogP contribution in [0.4, 0.5) is 0 Å². The van der Waals surface area contributed by atoms with Crippen molar-refractivity contribution in [2.75, 3.05) is 19.6 Å². The molecule has 1 N–H and O–H groups in total. The zero-order valence-corrected chi connectivity index (χ0v) is 11.9. The monoisotopic (exact) mass is 266 g/mol. The van der Waals surface area contributed by atoms with Crippen molar-refractivity contribution < 1.29 is 0 Å². The summed E-state index contributed by atoms with van der Waals surface area (Å²) in [6.07, 6.45) is 4.14. The van der Waals surface area contributed by atoms with Crippen molar-refractivity contribution in [3.63, 3.8) is 0 Å². The van der Waals surface area contributed by atoms with E-state index >= 15 is 0 Å². The van der Waals surface area contributed by atoms with Gasteiger partial charge in [-0.1, -0.05) is 30.2 Å². The summed E-state index contributed by atoms with van der Waals surface area (Å²) in [6.45, 7) is 6.89. The molecule has 1 aromatic rings. The zero-order valence-electron chi connectivity index (χ0n) is 11.2. The number of likely N-dealkylation sites (tertiary alicyclic amines) is 1. The van der Waals surface area contributed by atoms with Crippen LogP contribution in [0, 0.1) is 0 Å². The first-order valence-electron chi connectivity index (χ1n) is 6.94. The van der Waals surface area contributed by atoms with Crippen molar-refractivity contribution in [1.82, 2.24) is 10.2 Å². The van der Waals surface area contributed by atoms with Crippen LogP contribution in [0.5, 0.6) is 0 Å². The molecule has 100 valence electrons. The van der Waals surface area contributed by atoms with E-state index < -0.39 is 0 Å². The van der Waals surface area contributed by atoms with Crippen LogP contribution in [0.15, 0.2) is 24.3 Å². The highest BCUT2D eigenvalue weighted by molar-refractivity contribution is 6.30. The van der Waals surface area contributed by atoms with E-state index in [4.69, 9.17) is 11.6 Å². The molecule has 0 aromatic heterocycles. The van der Waals surface area contributed by atoms with E-state index in [1.54, 1.807) is 0 Å². The maximum absolute atomic E-state index is 5.88. The van der Waals surface area contributed by atoms with Gasteiger partial charge in [0, 0.05) is 24.2 Å². The molecule has 1 unspecified atom stereocenters. The van der Waals surface area contributed by atoms with E-state index in [-0.39, 0.29) is 0 Å². The first-order valence-corrected chi connectivity index (χ1v) is 7.32. The molecule has 0 aliphatic carbocycles. The fourth-order valence-corrected chi connectivity index (χ4v) is 2.61. The smallest absolute Gasteiger partial charge is 0.0406 e. The first kappa shape index (κ1) is 13.9. The molecule has 1 heterocycles. The third-order valence-corrected chi connectivity index (χ3v) is 3.80. The van der Waals surface area contributed by atoms with Crippen molar-refractivity contribution in [1.29, 1.82) is 0 Å². The molecule has 0 amide bonds. The predicted octanol–water partition coefficient (Wildman–Crippen LogP) is 3.30. The topological polar surface area (TPSA) is 15.3 Å². The third-order valence-electron chi connectivity index (χ3n) is 3.55. The molecule has 2 nitrogen and oxygen atoms in total. The maximum Gasteiger partial charge on any atom is 0.0406 e. The lowest BCUT2D eigenvalue weighted by molar-refractivity contribution is 0.209. The molecule has 1 fully saturated rings. The highest BCUT2D eigenvalue weighted by Gasteiger charge is 2.12. The lowest BCUT2D eigenvalue weighted by Crippen LogP contribution is -2.41. The van der Waals surface area contributed by atoms with Gasteiger partial charge < -0.3 is 10.2 Å². The van der Waals surface area contributed by atoms with Gasteiger partial charge in [0.25, 0.3) is 0 Å². The summed E-state index contributed by atoms with van der Waals surface area (Å²) < 4.78 is 0. The molecule has 1 atom stereocenters. The number of halogens is 1. The van der Waals surface area contributed by atoms with E-state index in [0.717, 1.165) is 18.1 Å². The van der Waals surface area contributed by atoms with E-state index in [2.05, 4.69) is 29.3 Å². The molecular formula is C15H23ClN2. The fraction of sp³-hybridized carbons (Fsp3) is 0.600. The summed E-state index contributed by atoms with van der Waals surface area (Å²) in [7, 11) is 0. The van der Waals surface area contributed by atoms with Crippen LogP contribution in [-0.4, -0.2) is 30.6 Å². The van der Waals surface area contributed by atoms with E-state index in [9.17, 15) is 0 Å². The predicted molar refractivity (Wildman–Crippen MR) is 78.0 cm³/mol. The number of nitrogens with one attached hydrogen (secondary N) is 1. The Balaban J connectivity index is 1.70. The van der Waals surface area contributed by atoms with Gasteiger partial charge in [0.05, 0.1) is 0 Å². The molecule has 2 rings (SSSR count). The zero-order chi connectivity index (χ0) is 12.8. The number of nitrogens with zero attached hydrogens (tertiary/aromatic N) is 1. The number of piperidine rings is 1. The Morgan fingerprint density at radius 1 is 1.17 bits per heavy atom. The summed E-state index contributed by atoms with van der Waals surface area (Å²) in [5.41, 5.74) is 1.30. The van der Waals surface area contributed by atoms with Gasteiger partial charge in [-0.15, -0.1) is 0 Å². The molecule has 1 saturated heterocycles. The molecule has 1 aromatic carbocycles. The average molecular weight is 267 g/mol. The minimum Gasteiger partial charge on any atom is -0.309 e. The molecule has 0 bridgehead atoms. The lowest BCUT2D eigenvalue weighted by atomic mass is 10.1. The molecule has 3 heteroatoms. The van der Waals surface area contributed by atoms with Gasteiger partial charge in [0.15, 0.2) is 0 Å². The second kappa shape index (κ2) is 7.13. The van der Waals surface area contributed by atoms with Crippen LogP contribution in [0.1, 0.15) is 31.7 Å². The van der Waals surface area contributed by atoms with Crippen LogP contribution in [0.25, 0.3) is 0 Å². The molecular weight excluding hydrogens is 244 g/mol. The summed E-state index contributed by atoms with van der Waals surface area (Å²) in [4.78, 5) is 2.57. The molecule has 0 spiro atoms. The summed E-state index contributed by atoms with van der Waals surface area (Å²) in [6, 6.07) is 8.62. The fourth-order valence-electron chi connectivity index (χ4n) is 2.49. The van der Waals surface area contributed by atoms with Crippen LogP contribution in [-0.2, 0) is 6.54 Å². The highest BCUT2D eigenvalue weighted by atomic mass is 35.5. The van der Waals surface area contributed by atoms with Gasteiger partial charge >= 0.3 is 0 Å². The summed E-state index contributed by atoms with van der Waals surface area (Å²) in [5, 5.41) is 4.39. The minimum absolute atomic E-state index is 0.541. The Hall–Kier alpha value is -0.570. The second-order valence-corrected chi connectivity index (χ2v) is 5.71. The lowest BCUT2D eigenvalue weighted by Gasteiger charge is -2.29. The first-order chi connectivity index (χ1) is 8.74.